The number of carbonyl (C=O) groups is 2. The Morgan fingerprint density at radius 1 is 0.939 bits per heavy atom. The lowest BCUT2D eigenvalue weighted by Crippen LogP contribution is -2.36. The number of amides is 1. The highest BCUT2D eigenvalue weighted by Crippen LogP contribution is 2.25. The SMILES string of the molecule is CCOC(=O)c1cccc(NC(=O)c2cccc(S(=O)(=O)N3CCc4ccccc4C3)c2)c1. The van der Waals surface area contributed by atoms with E-state index in [1.54, 1.807) is 37.3 Å². The number of ether oxygens (including phenoxy) is 1. The molecule has 0 saturated carbocycles. The van der Waals surface area contributed by atoms with Gasteiger partial charge in [0.25, 0.3) is 5.91 Å². The van der Waals surface area contributed by atoms with Gasteiger partial charge in [0.2, 0.25) is 10.0 Å². The first-order valence-electron chi connectivity index (χ1n) is 10.6. The molecule has 0 unspecified atom stereocenters. The molecule has 0 fully saturated rings. The van der Waals surface area contributed by atoms with Crippen LogP contribution < -0.4 is 5.32 Å². The van der Waals surface area contributed by atoms with Gasteiger partial charge < -0.3 is 10.1 Å². The number of hydrogen-bond donors (Lipinski definition) is 1. The van der Waals surface area contributed by atoms with Gasteiger partial charge in [0.1, 0.15) is 0 Å². The van der Waals surface area contributed by atoms with E-state index in [-0.39, 0.29) is 17.1 Å². The van der Waals surface area contributed by atoms with E-state index in [1.165, 1.54) is 22.5 Å². The number of hydrogen-bond acceptors (Lipinski definition) is 5. The molecular formula is C25H24N2O5S. The number of carbonyl (C=O) groups excluding carboxylic acids is 2. The van der Waals surface area contributed by atoms with Crippen LogP contribution in [0.3, 0.4) is 0 Å². The number of nitrogens with one attached hydrogen (secondary N) is 1. The first-order chi connectivity index (χ1) is 15.9. The lowest BCUT2D eigenvalue weighted by atomic mass is 10.0. The highest BCUT2D eigenvalue weighted by molar-refractivity contribution is 7.89. The average Bonchev–Trinajstić information content (AvgIpc) is 2.84. The maximum Gasteiger partial charge on any atom is 0.338 e. The summed E-state index contributed by atoms with van der Waals surface area (Å²) >= 11 is 0. The fraction of sp³-hybridized carbons (Fsp3) is 0.200. The van der Waals surface area contributed by atoms with Crippen molar-refractivity contribution in [1.29, 1.82) is 0 Å². The number of fused-ring (bicyclic) bond motifs is 1. The van der Waals surface area contributed by atoms with Gasteiger partial charge in [-0.1, -0.05) is 36.4 Å². The van der Waals surface area contributed by atoms with E-state index < -0.39 is 21.9 Å². The molecular weight excluding hydrogens is 440 g/mol. The number of anilines is 1. The van der Waals surface area contributed by atoms with Crippen molar-refractivity contribution in [1.82, 2.24) is 4.31 Å². The Balaban J connectivity index is 1.53. The second-order valence-electron chi connectivity index (χ2n) is 7.64. The number of rotatable bonds is 6. The van der Waals surface area contributed by atoms with Crippen molar-refractivity contribution in [2.75, 3.05) is 18.5 Å². The van der Waals surface area contributed by atoms with Crippen molar-refractivity contribution in [3.8, 4) is 0 Å². The molecule has 0 spiro atoms. The first-order valence-corrected chi connectivity index (χ1v) is 12.1. The molecule has 1 aliphatic rings. The molecule has 7 nitrogen and oxygen atoms in total. The monoisotopic (exact) mass is 464 g/mol. The Morgan fingerprint density at radius 3 is 2.45 bits per heavy atom. The smallest absolute Gasteiger partial charge is 0.338 e. The van der Waals surface area contributed by atoms with Crippen molar-refractivity contribution in [2.24, 2.45) is 0 Å². The zero-order valence-electron chi connectivity index (χ0n) is 18.2. The molecule has 0 aromatic heterocycles. The highest BCUT2D eigenvalue weighted by atomic mass is 32.2. The third kappa shape index (κ3) is 4.97. The van der Waals surface area contributed by atoms with E-state index in [2.05, 4.69) is 5.32 Å². The summed E-state index contributed by atoms with van der Waals surface area (Å²) in [5, 5.41) is 2.71. The van der Waals surface area contributed by atoms with E-state index in [0.717, 1.165) is 11.1 Å². The molecule has 0 aliphatic carbocycles. The van der Waals surface area contributed by atoms with Crippen molar-refractivity contribution < 1.29 is 22.7 Å². The topological polar surface area (TPSA) is 92.8 Å². The summed E-state index contributed by atoms with van der Waals surface area (Å²) in [6, 6.07) is 20.2. The number of benzene rings is 3. The summed E-state index contributed by atoms with van der Waals surface area (Å²) in [4.78, 5) is 24.8. The Hall–Kier alpha value is -3.49. The van der Waals surface area contributed by atoms with Crippen LogP contribution in [-0.4, -0.2) is 37.8 Å². The number of esters is 1. The Kier molecular flexibility index (Phi) is 6.57. The highest BCUT2D eigenvalue weighted by Gasteiger charge is 2.28. The summed E-state index contributed by atoms with van der Waals surface area (Å²) in [7, 11) is -3.77. The molecule has 8 heteroatoms. The van der Waals surface area contributed by atoms with Crippen LogP contribution in [0.5, 0.6) is 0 Å². The molecule has 0 radical (unpaired) electrons. The Morgan fingerprint density at radius 2 is 1.67 bits per heavy atom. The van der Waals surface area contributed by atoms with Crippen molar-refractivity contribution in [3.63, 3.8) is 0 Å². The number of nitrogens with zero attached hydrogens (tertiary/aromatic N) is 1. The Labute approximate surface area is 193 Å². The third-order valence-corrected chi connectivity index (χ3v) is 7.30. The fourth-order valence-corrected chi connectivity index (χ4v) is 5.23. The second-order valence-corrected chi connectivity index (χ2v) is 9.58. The van der Waals surface area contributed by atoms with E-state index >= 15 is 0 Å². The van der Waals surface area contributed by atoms with Gasteiger partial charge in [-0.25, -0.2) is 13.2 Å². The molecule has 1 amide bonds. The second kappa shape index (κ2) is 9.56. The van der Waals surface area contributed by atoms with E-state index in [0.29, 0.717) is 30.8 Å². The van der Waals surface area contributed by atoms with Gasteiger partial charge in [-0.2, -0.15) is 4.31 Å². The van der Waals surface area contributed by atoms with E-state index in [4.69, 9.17) is 4.74 Å². The van der Waals surface area contributed by atoms with Gasteiger partial charge in [-0.3, -0.25) is 4.79 Å². The minimum atomic E-state index is -3.77. The maximum atomic E-state index is 13.3. The Bertz CT molecular complexity index is 1300. The lowest BCUT2D eigenvalue weighted by molar-refractivity contribution is 0.0526. The molecule has 3 aromatic carbocycles. The molecule has 3 aromatic rings. The van der Waals surface area contributed by atoms with Crippen LogP contribution in [0, 0.1) is 0 Å². The minimum Gasteiger partial charge on any atom is -0.462 e. The van der Waals surface area contributed by atoms with Crippen LogP contribution in [-0.2, 0) is 27.7 Å². The van der Waals surface area contributed by atoms with Crippen molar-refractivity contribution >= 4 is 27.6 Å². The van der Waals surface area contributed by atoms with Gasteiger partial charge in [-0.05, 0) is 60.9 Å². The zero-order chi connectivity index (χ0) is 23.4. The predicted octanol–water partition coefficient (Wildman–Crippen LogP) is 3.86. The third-order valence-electron chi connectivity index (χ3n) is 5.46. The molecule has 0 saturated heterocycles. The standard InChI is InChI=1S/C25H24N2O5S/c1-2-32-25(29)20-10-5-11-22(15-20)26-24(28)19-9-6-12-23(16-19)33(30,31)27-14-13-18-7-3-4-8-21(18)17-27/h3-12,15-16H,2,13-14,17H2,1H3,(H,26,28). The maximum absolute atomic E-state index is 13.3. The van der Waals surface area contributed by atoms with E-state index in [1.807, 2.05) is 24.3 Å². The fourth-order valence-electron chi connectivity index (χ4n) is 3.76. The predicted molar refractivity (Wildman–Crippen MR) is 125 cm³/mol. The molecule has 0 bridgehead atoms. The molecule has 170 valence electrons. The lowest BCUT2D eigenvalue weighted by Gasteiger charge is -2.28. The van der Waals surface area contributed by atoms with Crippen LogP contribution >= 0.6 is 0 Å². The summed E-state index contributed by atoms with van der Waals surface area (Å²) in [6.07, 6.45) is 0.645. The molecule has 1 aliphatic heterocycles. The first kappa shape index (κ1) is 22.7. The number of sulfonamides is 1. The van der Waals surface area contributed by atoms with Gasteiger partial charge in [0.15, 0.2) is 0 Å². The van der Waals surface area contributed by atoms with Gasteiger partial charge >= 0.3 is 5.97 Å². The van der Waals surface area contributed by atoms with Gasteiger partial charge in [0.05, 0.1) is 17.1 Å². The van der Waals surface area contributed by atoms with Crippen LogP contribution in [0.1, 0.15) is 38.8 Å². The largest absolute Gasteiger partial charge is 0.462 e. The van der Waals surface area contributed by atoms with Gasteiger partial charge in [-0.15, -0.1) is 0 Å². The normalized spacial score (nSPS) is 13.7. The molecule has 1 N–H and O–H groups in total. The quantitative estimate of drug-likeness (QED) is 0.559. The molecule has 0 atom stereocenters. The zero-order valence-corrected chi connectivity index (χ0v) is 19.0. The van der Waals surface area contributed by atoms with Crippen LogP contribution in [0.25, 0.3) is 0 Å². The summed E-state index contributed by atoms with van der Waals surface area (Å²) in [6.45, 7) is 2.65. The average molecular weight is 465 g/mol. The summed E-state index contributed by atoms with van der Waals surface area (Å²) in [5.41, 5.74) is 3.07. The van der Waals surface area contributed by atoms with Gasteiger partial charge in [0, 0.05) is 24.3 Å². The van der Waals surface area contributed by atoms with Crippen LogP contribution in [0.2, 0.25) is 0 Å². The summed E-state index contributed by atoms with van der Waals surface area (Å²) < 4.78 is 32.9. The van der Waals surface area contributed by atoms with Crippen LogP contribution in [0.15, 0.2) is 77.7 Å². The minimum absolute atomic E-state index is 0.0646. The van der Waals surface area contributed by atoms with Crippen molar-refractivity contribution in [2.45, 2.75) is 24.8 Å². The molecule has 4 rings (SSSR count). The van der Waals surface area contributed by atoms with E-state index in [9.17, 15) is 18.0 Å². The summed E-state index contributed by atoms with van der Waals surface area (Å²) in [5.74, 6) is -0.957. The molecule has 33 heavy (non-hydrogen) atoms. The van der Waals surface area contributed by atoms with Crippen molar-refractivity contribution in [3.05, 3.63) is 95.1 Å². The molecule has 1 heterocycles. The van der Waals surface area contributed by atoms with Crippen LogP contribution in [0.4, 0.5) is 5.69 Å².